The van der Waals surface area contributed by atoms with Crippen molar-refractivity contribution in [2.45, 2.75) is 13.3 Å². The minimum absolute atomic E-state index is 0.104. The summed E-state index contributed by atoms with van der Waals surface area (Å²) in [5.74, 6) is 1.30. The largest absolute Gasteiger partial charge is 0.496 e. The maximum atomic E-state index is 13.4. The van der Waals surface area contributed by atoms with E-state index in [1.165, 1.54) is 0 Å². The van der Waals surface area contributed by atoms with Gasteiger partial charge in [0.15, 0.2) is 0 Å². The molecule has 0 N–H and O–H groups in total. The molecule has 0 radical (unpaired) electrons. The molecule has 0 aliphatic rings. The molecule has 31 heavy (non-hydrogen) atoms. The Bertz CT molecular complexity index is 1370. The Morgan fingerprint density at radius 1 is 1.00 bits per heavy atom. The van der Waals surface area contributed by atoms with Crippen molar-refractivity contribution < 1.29 is 9.15 Å². The Morgan fingerprint density at radius 2 is 1.77 bits per heavy atom. The van der Waals surface area contributed by atoms with E-state index in [2.05, 4.69) is 13.0 Å². The summed E-state index contributed by atoms with van der Waals surface area (Å²) in [6.07, 6.45) is 4.59. The molecule has 0 saturated heterocycles. The number of nitrogens with zero attached hydrogens (tertiary/aromatic N) is 1. The summed E-state index contributed by atoms with van der Waals surface area (Å²) in [5, 5.41) is 9.62. The second-order valence-corrected chi connectivity index (χ2v) is 7.07. The molecule has 3 aromatic carbocycles. The van der Waals surface area contributed by atoms with Crippen molar-refractivity contribution in [2.24, 2.45) is 0 Å². The summed E-state index contributed by atoms with van der Waals surface area (Å²) in [6.45, 7) is 2.08. The van der Waals surface area contributed by atoms with E-state index in [-0.39, 0.29) is 5.43 Å². The SMILES string of the molecule is CCc1c(C=Cc2oc3ccccc3c(=O)c2-c2ccc(C#N)cc2)cccc1OC. The molecule has 4 nitrogen and oxygen atoms in total. The summed E-state index contributed by atoms with van der Waals surface area (Å²) < 4.78 is 11.6. The van der Waals surface area contributed by atoms with Gasteiger partial charge in [0.2, 0.25) is 5.43 Å². The average molecular weight is 407 g/mol. The van der Waals surface area contributed by atoms with Gasteiger partial charge >= 0.3 is 0 Å². The van der Waals surface area contributed by atoms with Crippen molar-refractivity contribution >= 4 is 23.1 Å². The minimum atomic E-state index is -0.104. The fourth-order valence-electron chi connectivity index (χ4n) is 3.74. The Labute approximate surface area is 180 Å². The third-order valence-electron chi connectivity index (χ3n) is 5.28. The van der Waals surface area contributed by atoms with Gasteiger partial charge in [0.25, 0.3) is 0 Å². The number of methoxy groups -OCH3 is 1. The van der Waals surface area contributed by atoms with E-state index in [1.54, 1.807) is 43.5 Å². The normalized spacial score (nSPS) is 11.0. The predicted octanol–water partition coefficient (Wildman–Crippen LogP) is 6.07. The van der Waals surface area contributed by atoms with Gasteiger partial charge in [-0.1, -0.05) is 49.4 Å². The van der Waals surface area contributed by atoms with E-state index in [4.69, 9.17) is 14.4 Å². The predicted molar refractivity (Wildman–Crippen MR) is 124 cm³/mol. The molecule has 0 aliphatic carbocycles. The Balaban J connectivity index is 1.92. The van der Waals surface area contributed by atoms with Gasteiger partial charge in [0, 0.05) is 5.56 Å². The maximum Gasteiger partial charge on any atom is 0.201 e. The summed E-state index contributed by atoms with van der Waals surface area (Å²) >= 11 is 0. The quantitative estimate of drug-likeness (QED) is 0.403. The lowest BCUT2D eigenvalue weighted by molar-refractivity contribution is 0.410. The van der Waals surface area contributed by atoms with Crippen molar-refractivity contribution in [3.05, 3.63) is 99.4 Å². The third-order valence-corrected chi connectivity index (χ3v) is 5.28. The van der Waals surface area contributed by atoms with E-state index in [1.807, 2.05) is 42.5 Å². The molecular weight excluding hydrogens is 386 g/mol. The molecule has 4 aromatic rings. The molecule has 0 bridgehead atoms. The van der Waals surface area contributed by atoms with Crippen LogP contribution in [-0.4, -0.2) is 7.11 Å². The van der Waals surface area contributed by atoms with Crippen molar-refractivity contribution in [1.29, 1.82) is 5.26 Å². The number of benzene rings is 3. The van der Waals surface area contributed by atoms with E-state index in [0.29, 0.717) is 33.4 Å². The molecule has 0 aliphatic heterocycles. The van der Waals surface area contributed by atoms with E-state index < -0.39 is 0 Å². The summed E-state index contributed by atoms with van der Waals surface area (Å²) in [6, 6.07) is 22.2. The van der Waals surface area contributed by atoms with Crippen LogP contribution in [0.25, 0.3) is 34.2 Å². The zero-order chi connectivity index (χ0) is 21.8. The fraction of sp³-hybridized carbons (Fsp3) is 0.111. The Kier molecular flexibility index (Phi) is 5.68. The number of para-hydroxylation sites is 1. The number of hydrogen-bond donors (Lipinski definition) is 0. The van der Waals surface area contributed by atoms with Crippen LogP contribution in [-0.2, 0) is 6.42 Å². The van der Waals surface area contributed by atoms with Gasteiger partial charge in [-0.25, -0.2) is 0 Å². The van der Waals surface area contributed by atoms with Crippen LogP contribution in [0.4, 0.5) is 0 Å². The summed E-state index contributed by atoms with van der Waals surface area (Å²) in [4.78, 5) is 13.4. The molecule has 0 spiro atoms. The van der Waals surface area contributed by atoms with Gasteiger partial charge in [-0.15, -0.1) is 0 Å². The van der Waals surface area contributed by atoms with E-state index in [0.717, 1.165) is 23.3 Å². The number of fused-ring (bicyclic) bond motifs is 1. The number of hydrogen-bond acceptors (Lipinski definition) is 4. The zero-order valence-corrected chi connectivity index (χ0v) is 17.4. The fourth-order valence-corrected chi connectivity index (χ4v) is 3.74. The average Bonchev–Trinajstić information content (AvgIpc) is 2.82. The van der Waals surface area contributed by atoms with Crippen molar-refractivity contribution in [3.8, 4) is 22.9 Å². The molecule has 0 unspecified atom stereocenters. The van der Waals surface area contributed by atoms with Gasteiger partial charge in [0.1, 0.15) is 17.1 Å². The molecule has 1 aromatic heterocycles. The van der Waals surface area contributed by atoms with Gasteiger partial charge in [-0.05, 0) is 54.0 Å². The smallest absolute Gasteiger partial charge is 0.201 e. The molecule has 4 heteroatoms. The third kappa shape index (κ3) is 3.86. The molecule has 4 rings (SSSR count). The van der Waals surface area contributed by atoms with Gasteiger partial charge in [-0.2, -0.15) is 5.26 Å². The highest BCUT2D eigenvalue weighted by molar-refractivity contribution is 5.87. The minimum Gasteiger partial charge on any atom is -0.496 e. The molecule has 0 saturated carbocycles. The molecule has 152 valence electrons. The first kappa shape index (κ1) is 20.2. The molecule has 1 heterocycles. The monoisotopic (exact) mass is 407 g/mol. The van der Waals surface area contributed by atoms with Crippen LogP contribution in [0, 0.1) is 11.3 Å². The van der Waals surface area contributed by atoms with E-state index in [9.17, 15) is 4.79 Å². The summed E-state index contributed by atoms with van der Waals surface area (Å²) in [5.41, 5.74) is 4.24. The Morgan fingerprint density at radius 3 is 2.48 bits per heavy atom. The van der Waals surface area contributed by atoms with Crippen LogP contribution in [0.15, 0.2) is 75.9 Å². The molecule has 0 fully saturated rings. The highest BCUT2D eigenvalue weighted by atomic mass is 16.5. The van der Waals surface area contributed by atoms with Crippen molar-refractivity contribution in [1.82, 2.24) is 0 Å². The highest BCUT2D eigenvalue weighted by Crippen LogP contribution is 2.28. The second-order valence-electron chi connectivity index (χ2n) is 7.07. The topological polar surface area (TPSA) is 63.2 Å². The summed E-state index contributed by atoms with van der Waals surface area (Å²) in [7, 11) is 1.66. The maximum absolute atomic E-state index is 13.4. The number of rotatable bonds is 5. The van der Waals surface area contributed by atoms with Crippen LogP contribution < -0.4 is 10.2 Å². The van der Waals surface area contributed by atoms with Gasteiger partial charge in [-0.3, -0.25) is 4.79 Å². The standard InChI is InChI=1S/C27H21NO3/c1-3-21-19(7-6-10-23(21)30-2)15-16-25-26(20-13-11-18(17-28)12-14-20)27(29)22-8-4-5-9-24(22)31-25/h4-16H,3H2,1-2H3. The van der Waals surface area contributed by atoms with Crippen LogP contribution >= 0.6 is 0 Å². The highest BCUT2D eigenvalue weighted by Gasteiger charge is 2.15. The number of nitriles is 1. The first-order valence-corrected chi connectivity index (χ1v) is 10.1. The first-order valence-electron chi connectivity index (χ1n) is 10.1. The first-order chi connectivity index (χ1) is 15.2. The van der Waals surface area contributed by atoms with Crippen LogP contribution in [0.5, 0.6) is 5.75 Å². The van der Waals surface area contributed by atoms with Gasteiger partial charge < -0.3 is 9.15 Å². The van der Waals surface area contributed by atoms with Crippen molar-refractivity contribution in [3.63, 3.8) is 0 Å². The molecule has 0 atom stereocenters. The van der Waals surface area contributed by atoms with Crippen LogP contribution in [0.2, 0.25) is 0 Å². The van der Waals surface area contributed by atoms with Crippen LogP contribution in [0.3, 0.4) is 0 Å². The molecule has 0 amide bonds. The number of ether oxygens (including phenoxy) is 1. The second kappa shape index (κ2) is 8.73. The van der Waals surface area contributed by atoms with E-state index >= 15 is 0 Å². The Hall–Kier alpha value is -4.10. The lowest BCUT2D eigenvalue weighted by atomic mass is 9.99. The lowest BCUT2D eigenvalue weighted by Crippen LogP contribution is -2.07. The van der Waals surface area contributed by atoms with Crippen molar-refractivity contribution in [2.75, 3.05) is 7.11 Å². The van der Waals surface area contributed by atoms with Gasteiger partial charge in [0.05, 0.1) is 29.7 Å². The molecular formula is C27H21NO3. The van der Waals surface area contributed by atoms with Crippen LogP contribution in [0.1, 0.15) is 29.4 Å². The lowest BCUT2D eigenvalue weighted by Gasteiger charge is -2.10. The zero-order valence-electron chi connectivity index (χ0n) is 17.4.